The van der Waals surface area contributed by atoms with E-state index in [4.69, 9.17) is 22.7 Å². The molecule has 0 atom stereocenters. The van der Waals surface area contributed by atoms with Gasteiger partial charge in [-0.25, -0.2) is 0 Å². The Morgan fingerprint density at radius 3 is 2.71 bits per heavy atom. The van der Waals surface area contributed by atoms with Gasteiger partial charge in [0.05, 0.1) is 4.99 Å². The number of thiocarbonyl (C=S) groups is 1. The quantitative estimate of drug-likeness (QED) is 0.850. The maximum absolute atomic E-state index is 13.2. The SMILES string of the molecule is NC(=S)C1(C(=O)N2CCCc3ccccc32)CCOCC1. The molecule has 3 rings (SSSR count). The van der Waals surface area contributed by atoms with Crippen LogP contribution in [-0.2, 0) is 16.0 Å². The van der Waals surface area contributed by atoms with Crippen LogP contribution in [0.5, 0.6) is 0 Å². The van der Waals surface area contributed by atoms with Gasteiger partial charge in [-0.2, -0.15) is 0 Å². The standard InChI is InChI=1S/C16H20N2O2S/c17-14(21)16(7-10-20-11-8-16)15(19)18-9-3-5-12-4-1-2-6-13(12)18/h1-2,4,6H,3,5,7-11H2,(H2,17,21). The third-order valence-corrected chi connectivity index (χ3v) is 4.97. The third kappa shape index (κ3) is 2.45. The van der Waals surface area contributed by atoms with Gasteiger partial charge in [0.15, 0.2) is 0 Å². The van der Waals surface area contributed by atoms with Crippen molar-refractivity contribution in [2.75, 3.05) is 24.7 Å². The summed E-state index contributed by atoms with van der Waals surface area (Å²) in [5.41, 5.74) is 7.45. The lowest BCUT2D eigenvalue weighted by Crippen LogP contribution is -2.54. The molecule has 112 valence electrons. The number of anilines is 1. The van der Waals surface area contributed by atoms with E-state index >= 15 is 0 Å². The molecule has 21 heavy (non-hydrogen) atoms. The molecule has 2 N–H and O–H groups in total. The predicted octanol–water partition coefficient (Wildman–Crippen LogP) is 2.05. The zero-order valence-corrected chi connectivity index (χ0v) is 12.8. The lowest BCUT2D eigenvalue weighted by molar-refractivity contribution is -0.128. The van der Waals surface area contributed by atoms with Gasteiger partial charge in [0.25, 0.3) is 0 Å². The van der Waals surface area contributed by atoms with E-state index in [0.717, 1.165) is 25.1 Å². The van der Waals surface area contributed by atoms with Crippen LogP contribution in [0.4, 0.5) is 5.69 Å². The Balaban J connectivity index is 1.96. The molecule has 0 aromatic heterocycles. The van der Waals surface area contributed by atoms with E-state index < -0.39 is 5.41 Å². The van der Waals surface area contributed by atoms with Crippen molar-refractivity contribution in [1.29, 1.82) is 0 Å². The van der Waals surface area contributed by atoms with Gasteiger partial charge < -0.3 is 15.4 Å². The molecule has 2 aliphatic rings. The summed E-state index contributed by atoms with van der Waals surface area (Å²) in [6.07, 6.45) is 3.16. The molecule has 0 saturated carbocycles. The highest BCUT2D eigenvalue weighted by molar-refractivity contribution is 7.80. The van der Waals surface area contributed by atoms with Crippen LogP contribution in [0.2, 0.25) is 0 Å². The highest BCUT2D eigenvalue weighted by Gasteiger charge is 2.46. The van der Waals surface area contributed by atoms with E-state index in [-0.39, 0.29) is 5.91 Å². The fourth-order valence-corrected chi connectivity index (χ4v) is 3.58. The van der Waals surface area contributed by atoms with Crippen molar-refractivity contribution in [1.82, 2.24) is 0 Å². The molecule has 1 aromatic rings. The van der Waals surface area contributed by atoms with Gasteiger partial charge in [-0.15, -0.1) is 0 Å². The van der Waals surface area contributed by atoms with Crippen LogP contribution in [0.25, 0.3) is 0 Å². The van der Waals surface area contributed by atoms with Crippen LogP contribution in [0, 0.1) is 5.41 Å². The zero-order valence-electron chi connectivity index (χ0n) is 12.0. The maximum atomic E-state index is 13.2. The highest BCUT2D eigenvalue weighted by atomic mass is 32.1. The molecular formula is C16H20N2O2S. The summed E-state index contributed by atoms with van der Waals surface area (Å²) >= 11 is 5.25. The van der Waals surface area contributed by atoms with Gasteiger partial charge in [0, 0.05) is 25.4 Å². The monoisotopic (exact) mass is 304 g/mol. The number of aryl methyl sites for hydroxylation is 1. The van der Waals surface area contributed by atoms with Gasteiger partial charge in [-0.1, -0.05) is 30.4 Å². The van der Waals surface area contributed by atoms with E-state index in [1.54, 1.807) is 0 Å². The van der Waals surface area contributed by atoms with Gasteiger partial charge in [-0.05, 0) is 37.3 Å². The number of amides is 1. The van der Waals surface area contributed by atoms with Crippen LogP contribution in [0.1, 0.15) is 24.8 Å². The van der Waals surface area contributed by atoms with Gasteiger partial charge in [-0.3, -0.25) is 4.79 Å². The molecule has 1 fully saturated rings. The number of rotatable bonds is 2. The van der Waals surface area contributed by atoms with Crippen LogP contribution in [-0.4, -0.2) is 30.7 Å². The van der Waals surface area contributed by atoms with Crippen molar-refractivity contribution in [3.05, 3.63) is 29.8 Å². The predicted molar refractivity (Wildman–Crippen MR) is 86.4 cm³/mol. The average molecular weight is 304 g/mol. The molecule has 0 aliphatic carbocycles. The van der Waals surface area contributed by atoms with Crippen LogP contribution < -0.4 is 10.6 Å². The molecule has 0 unspecified atom stereocenters. The summed E-state index contributed by atoms with van der Waals surface area (Å²) in [5.74, 6) is 0.0467. The van der Waals surface area contributed by atoms with Crippen molar-refractivity contribution >= 4 is 28.8 Å². The average Bonchev–Trinajstić information content (AvgIpc) is 2.54. The molecule has 1 amide bonds. The van der Waals surface area contributed by atoms with Crippen LogP contribution in [0.3, 0.4) is 0 Å². The number of fused-ring (bicyclic) bond motifs is 1. The molecule has 2 heterocycles. The Kier molecular flexibility index (Phi) is 3.95. The molecule has 0 spiro atoms. The lowest BCUT2D eigenvalue weighted by atomic mass is 9.78. The summed E-state index contributed by atoms with van der Waals surface area (Å²) in [7, 11) is 0. The van der Waals surface area contributed by atoms with Crippen molar-refractivity contribution in [3.63, 3.8) is 0 Å². The first-order valence-corrected chi connectivity index (χ1v) is 7.83. The molecule has 2 aliphatic heterocycles. The maximum Gasteiger partial charge on any atom is 0.240 e. The number of para-hydroxylation sites is 1. The molecule has 1 aromatic carbocycles. The minimum absolute atomic E-state index is 0.0467. The number of ether oxygens (including phenoxy) is 1. The van der Waals surface area contributed by atoms with Crippen LogP contribution in [0.15, 0.2) is 24.3 Å². The summed E-state index contributed by atoms with van der Waals surface area (Å²) in [5, 5.41) is 0. The van der Waals surface area contributed by atoms with Crippen molar-refractivity contribution in [3.8, 4) is 0 Å². The lowest BCUT2D eigenvalue weighted by Gasteiger charge is -2.40. The summed E-state index contributed by atoms with van der Waals surface area (Å²) < 4.78 is 5.40. The fraction of sp³-hybridized carbons (Fsp3) is 0.500. The molecule has 1 saturated heterocycles. The highest BCUT2D eigenvalue weighted by Crippen LogP contribution is 2.37. The van der Waals surface area contributed by atoms with E-state index in [1.807, 2.05) is 23.1 Å². The van der Waals surface area contributed by atoms with E-state index in [1.165, 1.54) is 5.56 Å². The second-order valence-electron chi connectivity index (χ2n) is 5.75. The Morgan fingerprint density at radius 1 is 1.29 bits per heavy atom. The summed E-state index contributed by atoms with van der Waals surface area (Å²) in [6, 6.07) is 8.09. The fourth-order valence-electron chi connectivity index (χ4n) is 3.29. The second kappa shape index (κ2) is 5.73. The normalized spacial score (nSPS) is 20.7. The number of hydrogen-bond acceptors (Lipinski definition) is 3. The smallest absolute Gasteiger partial charge is 0.240 e. The molecule has 0 bridgehead atoms. The Bertz CT molecular complexity index is 567. The van der Waals surface area contributed by atoms with Gasteiger partial charge in [0.1, 0.15) is 5.41 Å². The minimum Gasteiger partial charge on any atom is -0.392 e. The number of carbonyl (C=O) groups is 1. The largest absolute Gasteiger partial charge is 0.392 e. The number of carbonyl (C=O) groups excluding carboxylic acids is 1. The first-order valence-electron chi connectivity index (χ1n) is 7.43. The van der Waals surface area contributed by atoms with E-state index in [0.29, 0.717) is 31.0 Å². The Labute approximate surface area is 130 Å². The van der Waals surface area contributed by atoms with Gasteiger partial charge in [0.2, 0.25) is 5.91 Å². The van der Waals surface area contributed by atoms with E-state index in [9.17, 15) is 4.79 Å². The number of hydrogen-bond donors (Lipinski definition) is 1. The van der Waals surface area contributed by atoms with E-state index in [2.05, 4.69) is 6.07 Å². The Hall–Kier alpha value is -1.46. The molecule has 4 nitrogen and oxygen atoms in total. The van der Waals surface area contributed by atoms with Crippen molar-refractivity contribution in [2.24, 2.45) is 11.1 Å². The Morgan fingerprint density at radius 2 is 2.00 bits per heavy atom. The number of nitrogens with zero attached hydrogens (tertiary/aromatic N) is 1. The van der Waals surface area contributed by atoms with Crippen molar-refractivity contribution in [2.45, 2.75) is 25.7 Å². The molecule has 5 heteroatoms. The van der Waals surface area contributed by atoms with Gasteiger partial charge >= 0.3 is 0 Å². The first kappa shape index (κ1) is 14.5. The first-order chi connectivity index (χ1) is 10.1. The van der Waals surface area contributed by atoms with Crippen LogP contribution >= 0.6 is 12.2 Å². The second-order valence-corrected chi connectivity index (χ2v) is 6.19. The molecular weight excluding hydrogens is 284 g/mol. The number of nitrogens with two attached hydrogens (primary N) is 1. The number of benzene rings is 1. The summed E-state index contributed by atoms with van der Waals surface area (Å²) in [6.45, 7) is 1.82. The van der Waals surface area contributed by atoms with Crippen molar-refractivity contribution < 1.29 is 9.53 Å². The zero-order chi connectivity index (χ0) is 14.9. The topological polar surface area (TPSA) is 55.6 Å². The molecule has 0 radical (unpaired) electrons. The summed E-state index contributed by atoms with van der Waals surface area (Å²) in [4.78, 5) is 15.4. The third-order valence-electron chi connectivity index (χ3n) is 4.58. The minimum atomic E-state index is -0.738.